The van der Waals surface area contributed by atoms with Crippen LogP contribution in [0.5, 0.6) is 0 Å². The lowest BCUT2D eigenvalue weighted by molar-refractivity contribution is 0.113. The number of hydrogen-bond acceptors (Lipinski definition) is 3. The molecule has 1 saturated heterocycles. The average Bonchev–Trinajstić information content (AvgIpc) is 2.05. The van der Waals surface area contributed by atoms with Gasteiger partial charge in [0.05, 0.1) is 6.10 Å². The summed E-state index contributed by atoms with van der Waals surface area (Å²) in [5, 5.41) is 10.1. The summed E-state index contributed by atoms with van der Waals surface area (Å²) in [4.78, 5) is 0. The molecule has 1 rings (SSSR count). The zero-order valence-corrected chi connectivity index (χ0v) is 7.63. The van der Waals surface area contributed by atoms with Crippen molar-refractivity contribution >= 4 is 10.0 Å². The van der Waals surface area contributed by atoms with Crippen LogP contribution in [-0.4, -0.2) is 37.0 Å². The molecule has 0 aromatic heterocycles. The normalized spacial score (nSPS) is 22.4. The van der Waals surface area contributed by atoms with Crippen LogP contribution in [0, 0.1) is 0 Å². The van der Waals surface area contributed by atoms with Gasteiger partial charge in [-0.05, 0) is 12.8 Å². The molecule has 0 bridgehead atoms. The van der Waals surface area contributed by atoms with Gasteiger partial charge in [-0.3, -0.25) is 0 Å². The molecule has 0 spiro atoms. The van der Waals surface area contributed by atoms with Crippen molar-refractivity contribution in [2.45, 2.75) is 18.9 Å². The minimum atomic E-state index is -3.26. The van der Waals surface area contributed by atoms with Crippen molar-refractivity contribution in [1.29, 1.82) is 0 Å². The molecule has 12 heavy (non-hydrogen) atoms. The lowest BCUT2D eigenvalue weighted by atomic mass is 10.1. The van der Waals surface area contributed by atoms with E-state index < -0.39 is 10.0 Å². The predicted molar refractivity (Wildman–Crippen MR) is 45.9 cm³/mol. The topological polar surface area (TPSA) is 57.6 Å². The van der Waals surface area contributed by atoms with Gasteiger partial charge in [-0.15, -0.1) is 0 Å². The van der Waals surface area contributed by atoms with Gasteiger partial charge in [0.1, 0.15) is 0 Å². The van der Waals surface area contributed by atoms with Crippen molar-refractivity contribution < 1.29 is 13.5 Å². The van der Waals surface area contributed by atoms with Crippen LogP contribution in [0.3, 0.4) is 0 Å². The van der Waals surface area contributed by atoms with E-state index in [-0.39, 0.29) is 6.10 Å². The van der Waals surface area contributed by atoms with E-state index in [1.54, 1.807) is 0 Å². The van der Waals surface area contributed by atoms with Gasteiger partial charge in [0, 0.05) is 18.5 Å². The molecule has 4 nitrogen and oxygen atoms in total. The second kappa shape index (κ2) is 3.55. The molecule has 0 aromatic rings. The van der Waals surface area contributed by atoms with Gasteiger partial charge in [0.15, 0.2) is 0 Å². The van der Waals surface area contributed by atoms with Crippen LogP contribution < -0.4 is 0 Å². The first-order valence-electron chi connectivity index (χ1n) is 3.87. The Bertz CT molecular complexity index is 252. The number of rotatable bonds is 2. The van der Waals surface area contributed by atoms with Crippen LogP contribution in [0.1, 0.15) is 12.8 Å². The summed E-state index contributed by atoms with van der Waals surface area (Å²) in [5.41, 5.74) is 0. The highest BCUT2D eigenvalue weighted by atomic mass is 32.2. The van der Waals surface area contributed by atoms with Crippen LogP contribution in [0.25, 0.3) is 0 Å². The molecule has 5 heteroatoms. The smallest absolute Gasteiger partial charge is 0.235 e. The van der Waals surface area contributed by atoms with Crippen LogP contribution in [-0.2, 0) is 10.0 Å². The van der Waals surface area contributed by atoms with Crippen LogP contribution in [0.15, 0.2) is 12.0 Å². The summed E-state index contributed by atoms with van der Waals surface area (Å²) in [5.74, 6) is 0. The summed E-state index contributed by atoms with van der Waals surface area (Å²) in [6.45, 7) is 4.03. The van der Waals surface area contributed by atoms with Gasteiger partial charge in [-0.2, -0.15) is 4.31 Å². The first-order valence-corrected chi connectivity index (χ1v) is 5.37. The molecule has 0 aromatic carbocycles. The SMILES string of the molecule is C=CS(=O)(=O)N1CCC(O)CC1. The van der Waals surface area contributed by atoms with E-state index in [0.29, 0.717) is 25.9 Å². The Kier molecular flexibility index (Phi) is 2.87. The second-order valence-corrected chi connectivity index (χ2v) is 4.72. The van der Waals surface area contributed by atoms with Crippen molar-refractivity contribution in [2.75, 3.05) is 13.1 Å². The molecule has 1 heterocycles. The molecule has 1 fully saturated rings. The number of hydrogen-bond donors (Lipinski definition) is 1. The highest BCUT2D eigenvalue weighted by Gasteiger charge is 2.24. The maximum Gasteiger partial charge on any atom is 0.235 e. The van der Waals surface area contributed by atoms with Crippen molar-refractivity contribution in [2.24, 2.45) is 0 Å². The molecular formula is C7H13NO3S. The van der Waals surface area contributed by atoms with Crippen LogP contribution in [0.4, 0.5) is 0 Å². The van der Waals surface area contributed by atoms with E-state index in [4.69, 9.17) is 5.11 Å². The third-order valence-electron chi connectivity index (χ3n) is 1.99. The van der Waals surface area contributed by atoms with Gasteiger partial charge < -0.3 is 5.11 Å². The predicted octanol–water partition coefficient (Wildman–Crippen LogP) is -0.0836. The van der Waals surface area contributed by atoms with E-state index >= 15 is 0 Å². The maximum atomic E-state index is 11.2. The minimum Gasteiger partial charge on any atom is -0.393 e. The van der Waals surface area contributed by atoms with E-state index in [1.807, 2.05) is 0 Å². The molecule has 0 radical (unpaired) electrons. The summed E-state index contributed by atoms with van der Waals surface area (Å²) >= 11 is 0. The number of piperidine rings is 1. The summed E-state index contributed by atoms with van der Waals surface area (Å²) in [6, 6.07) is 0. The number of aliphatic hydroxyl groups excluding tert-OH is 1. The average molecular weight is 191 g/mol. The molecule has 0 atom stereocenters. The molecule has 1 N–H and O–H groups in total. The highest BCUT2D eigenvalue weighted by molar-refractivity contribution is 7.92. The van der Waals surface area contributed by atoms with E-state index in [9.17, 15) is 8.42 Å². The van der Waals surface area contributed by atoms with Crippen molar-refractivity contribution in [1.82, 2.24) is 4.31 Å². The molecule has 1 aliphatic heterocycles. The lowest BCUT2D eigenvalue weighted by Crippen LogP contribution is -2.38. The number of nitrogens with zero attached hydrogens (tertiary/aromatic N) is 1. The summed E-state index contributed by atoms with van der Waals surface area (Å²) in [6.07, 6.45) is 0.696. The van der Waals surface area contributed by atoms with E-state index in [1.165, 1.54) is 4.31 Å². The fraction of sp³-hybridized carbons (Fsp3) is 0.714. The van der Waals surface area contributed by atoms with Gasteiger partial charge in [-0.25, -0.2) is 8.42 Å². The lowest BCUT2D eigenvalue weighted by Gasteiger charge is -2.27. The molecular weight excluding hydrogens is 178 g/mol. The fourth-order valence-electron chi connectivity index (χ4n) is 1.20. The maximum absolute atomic E-state index is 11.2. The van der Waals surface area contributed by atoms with Crippen molar-refractivity contribution in [3.63, 3.8) is 0 Å². The monoisotopic (exact) mass is 191 g/mol. The zero-order valence-electron chi connectivity index (χ0n) is 6.81. The third kappa shape index (κ3) is 2.06. The standard InChI is InChI=1S/C7H13NO3S/c1-2-12(10,11)8-5-3-7(9)4-6-8/h2,7,9H,1,3-6H2. The highest BCUT2D eigenvalue weighted by Crippen LogP contribution is 2.14. The Morgan fingerprint density at radius 3 is 2.33 bits per heavy atom. The zero-order chi connectivity index (χ0) is 9.19. The van der Waals surface area contributed by atoms with Gasteiger partial charge in [-0.1, -0.05) is 6.58 Å². The van der Waals surface area contributed by atoms with Gasteiger partial charge >= 0.3 is 0 Å². The Morgan fingerprint density at radius 2 is 1.92 bits per heavy atom. The Hall–Kier alpha value is -0.390. The summed E-state index contributed by atoms with van der Waals surface area (Å²) in [7, 11) is -3.26. The number of sulfonamides is 1. The van der Waals surface area contributed by atoms with E-state index in [2.05, 4.69) is 6.58 Å². The summed E-state index contributed by atoms with van der Waals surface area (Å²) < 4.78 is 23.7. The van der Waals surface area contributed by atoms with Gasteiger partial charge in [0.25, 0.3) is 0 Å². The number of aliphatic hydroxyl groups is 1. The third-order valence-corrected chi connectivity index (χ3v) is 3.50. The Balaban J connectivity index is 2.62. The Morgan fingerprint density at radius 1 is 1.42 bits per heavy atom. The molecule has 0 unspecified atom stereocenters. The molecule has 1 aliphatic rings. The minimum absolute atomic E-state index is 0.346. The second-order valence-electron chi connectivity index (χ2n) is 2.84. The quantitative estimate of drug-likeness (QED) is 0.664. The van der Waals surface area contributed by atoms with Crippen molar-refractivity contribution in [3.05, 3.63) is 12.0 Å². The largest absolute Gasteiger partial charge is 0.393 e. The van der Waals surface area contributed by atoms with Crippen molar-refractivity contribution in [3.8, 4) is 0 Å². The van der Waals surface area contributed by atoms with Crippen LogP contribution in [0.2, 0.25) is 0 Å². The molecule has 0 amide bonds. The molecule has 0 saturated carbocycles. The Labute approximate surface area is 72.5 Å². The van der Waals surface area contributed by atoms with E-state index in [0.717, 1.165) is 5.41 Å². The first-order chi connectivity index (χ1) is 5.56. The molecule has 70 valence electrons. The molecule has 0 aliphatic carbocycles. The van der Waals surface area contributed by atoms with Crippen LogP contribution >= 0.6 is 0 Å². The first kappa shape index (κ1) is 9.70. The fourth-order valence-corrected chi connectivity index (χ4v) is 2.13. The van der Waals surface area contributed by atoms with Gasteiger partial charge in [0.2, 0.25) is 10.0 Å².